The van der Waals surface area contributed by atoms with Crippen LogP contribution in [0.15, 0.2) is 28.7 Å². The summed E-state index contributed by atoms with van der Waals surface area (Å²) in [6.07, 6.45) is 0. The predicted molar refractivity (Wildman–Crippen MR) is 85.2 cm³/mol. The molecule has 6 heteroatoms. The van der Waals surface area contributed by atoms with E-state index in [-0.39, 0.29) is 12.1 Å². The number of rotatable bonds is 5. The van der Waals surface area contributed by atoms with E-state index in [1.54, 1.807) is 6.92 Å². The number of aliphatic carboxylic acids is 1. The van der Waals surface area contributed by atoms with Crippen LogP contribution in [-0.2, 0) is 4.79 Å². The predicted octanol–water partition coefficient (Wildman–Crippen LogP) is 3.40. The summed E-state index contributed by atoms with van der Waals surface area (Å²) in [5.74, 6) is -1.03. The number of carbonyl (C=O) groups excluding carboxylic acids is 1. The van der Waals surface area contributed by atoms with Crippen LogP contribution in [0.2, 0.25) is 0 Å². The van der Waals surface area contributed by atoms with Gasteiger partial charge >= 0.3 is 12.0 Å². The molecule has 0 saturated heterocycles. The lowest BCUT2D eigenvalue weighted by Gasteiger charge is -2.35. The van der Waals surface area contributed by atoms with Crippen LogP contribution in [0.1, 0.15) is 39.3 Å². The number of hydrogen-bond acceptors (Lipinski definition) is 2. The summed E-state index contributed by atoms with van der Waals surface area (Å²) in [4.78, 5) is 24.9. The molecule has 1 rings (SSSR count). The summed E-state index contributed by atoms with van der Waals surface area (Å²) in [6, 6.07) is 7.03. The van der Waals surface area contributed by atoms with Crippen LogP contribution < -0.4 is 5.32 Å². The van der Waals surface area contributed by atoms with Crippen molar-refractivity contribution in [1.82, 2.24) is 10.2 Å². The largest absolute Gasteiger partial charge is 0.480 e. The number of carboxylic acid groups (broad SMARTS) is 1. The lowest BCUT2D eigenvalue weighted by Crippen LogP contribution is -2.56. The Hall–Kier alpha value is -1.56. The Kier molecular flexibility index (Phi) is 5.78. The summed E-state index contributed by atoms with van der Waals surface area (Å²) >= 11 is 3.36. The van der Waals surface area contributed by atoms with Crippen LogP contribution in [-0.4, -0.2) is 34.1 Å². The number of nitrogens with zero attached hydrogens (tertiary/aromatic N) is 1. The molecule has 0 bridgehead atoms. The van der Waals surface area contributed by atoms with Crippen molar-refractivity contribution in [3.63, 3.8) is 0 Å². The van der Waals surface area contributed by atoms with Crippen LogP contribution in [0.4, 0.5) is 4.79 Å². The Balaban J connectivity index is 2.83. The number of amides is 2. The smallest absolute Gasteiger partial charge is 0.329 e. The van der Waals surface area contributed by atoms with Crippen LogP contribution >= 0.6 is 15.9 Å². The van der Waals surface area contributed by atoms with Gasteiger partial charge in [-0.15, -0.1) is 0 Å². The molecule has 1 atom stereocenters. The van der Waals surface area contributed by atoms with Crippen molar-refractivity contribution in [1.29, 1.82) is 0 Å². The van der Waals surface area contributed by atoms with Gasteiger partial charge in [0.2, 0.25) is 0 Å². The second-order valence-electron chi connectivity index (χ2n) is 5.33. The first kappa shape index (κ1) is 17.5. The molecule has 0 radical (unpaired) electrons. The Morgan fingerprint density at radius 2 is 1.86 bits per heavy atom. The quantitative estimate of drug-likeness (QED) is 0.849. The third-order valence-electron chi connectivity index (χ3n) is 3.47. The van der Waals surface area contributed by atoms with Crippen molar-refractivity contribution in [2.24, 2.45) is 0 Å². The molecule has 0 heterocycles. The van der Waals surface area contributed by atoms with Crippen LogP contribution in [0.25, 0.3) is 0 Å². The van der Waals surface area contributed by atoms with E-state index in [0.29, 0.717) is 6.54 Å². The van der Waals surface area contributed by atoms with Gasteiger partial charge in [-0.3, -0.25) is 0 Å². The fourth-order valence-electron chi connectivity index (χ4n) is 2.01. The summed E-state index contributed by atoms with van der Waals surface area (Å²) in [5, 5.41) is 12.1. The normalized spacial score (nSPS) is 12.6. The van der Waals surface area contributed by atoms with Gasteiger partial charge in [0, 0.05) is 11.0 Å². The van der Waals surface area contributed by atoms with Crippen molar-refractivity contribution in [3.05, 3.63) is 34.3 Å². The minimum atomic E-state index is -1.25. The summed E-state index contributed by atoms with van der Waals surface area (Å²) in [5.41, 5.74) is -0.297. The third kappa shape index (κ3) is 4.20. The molecular formula is C15H21BrN2O3. The van der Waals surface area contributed by atoms with E-state index in [1.807, 2.05) is 31.2 Å². The molecule has 116 valence electrons. The van der Waals surface area contributed by atoms with E-state index in [2.05, 4.69) is 21.2 Å². The van der Waals surface area contributed by atoms with Gasteiger partial charge in [-0.2, -0.15) is 0 Å². The lowest BCUT2D eigenvalue weighted by molar-refractivity contribution is -0.147. The maximum Gasteiger partial charge on any atom is 0.329 e. The highest BCUT2D eigenvalue weighted by Crippen LogP contribution is 2.19. The molecule has 2 N–H and O–H groups in total. The number of benzene rings is 1. The highest BCUT2D eigenvalue weighted by atomic mass is 79.9. The highest BCUT2D eigenvalue weighted by molar-refractivity contribution is 9.10. The first-order valence-corrected chi connectivity index (χ1v) is 7.56. The van der Waals surface area contributed by atoms with Gasteiger partial charge in [0.1, 0.15) is 5.54 Å². The van der Waals surface area contributed by atoms with Crippen molar-refractivity contribution < 1.29 is 14.7 Å². The fourth-order valence-corrected chi connectivity index (χ4v) is 2.27. The summed E-state index contributed by atoms with van der Waals surface area (Å²) < 4.78 is 0.965. The molecule has 0 spiro atoms. The number of likely N-dealkylation sites (N-methyl/N-ethyl adjacent to an activating group) is 1. The standard InChI is InChI=1S/C15H21BrN2O3/c1-5-18(15(3,4)13(19)20)14(21)17-10(2)11-6-8-12(16)9-7-11/h6-10H,5H2,1-4H3,(H,17,21)(H,19,20). The third-order valence-corrected chi connectivity index (χ3v) is 4.00. The molecule has 0 fully saturated rings. The average molecular weight is 357 g/mol. The molecule has 0 aromatic heterocycles. The van der Waals surface area contributed by atoms with Crippen molar-refractivity contribution in [3.8, 4) is 0 Å². The molecule has 2 amide bonds. The monoisotopic (exact) mass is 356 g/mol. The van der Waals surface area contributed by atoms with Crippen LogP contribution in [0, 0.1) is 0 Å². The topological polar surface area (TPSA) is 69.6 Å². The second-order valence-corrected chi connectivity index (χ2v) is 6.25. The SMILES string of the molecule is CCN(C(=O)NC(C)c1ccc(Br)cc1)C(C)(C)C(=O)O. The number of urea groups is 1. The molecule has 0 aliphatic heterocycles. The van der Waals surface area contributed by atoms with E-state index in [1.165, 1.54) is 18.7 Å². The number of nitrogens with one attached hydrogen (secondary N) is 1. The van der Waals surface area contributed by atoms with Gasteiger partial charge in [0.05, 0.1) is 6.04 Å². The Bertz CT molecular complexity index is 514. The minimum absolute atomic E-state index is 0.204. The molecule has 1 aromatic carbocycles. The van der Waals surface area contributed by atoms with E-state index < -0.39 is 11.5 Å². The minimum Gasteiger partial charge on any atom is -0.480 e. The number of halogens is 1. The second kappa shape index (κ2) is 6.93. The summed E-state index contributed by atoms with van der Waals surface area (Å²) in [6.45, 7) is 6.97. The van der Waals surface area contributed by atoms with E-state index >= 15 is 0 Å². The molecule has 1 aromatic rings. The number of carboxylic acids is 1. The maximum absolute atomic E-state index is 12.3. The zero-order valence-corrected chi connectivity index (χ0v) is 14.3. The van der Waals surface area contributed by atoms with Gasteiger partial charge in [0.25, 0.3) is 0 Å². The lowest BCUT2D eigenvalue weighted by atomic mass is 10.0. The fraction of sp³-hybridized carbons (Fsp3) is 0.467. The first-order valence-electron chi connectivity index (χ1n) is 6.77. The number of hydrogen-bond donors (Lipinski definition) is 2. The zero-order chi connectivity index (χ0) is 16.2. The van der Waals surface area contributed by atoms with Crippen molar-refractivity contribution >= 4 is 27.9 Å². The Morgan fingerprint density at radius 3 is 2.29 bits per heavy atom. The van der Waals surface area contributed by atoms with E-state index in [4.69, 9.17) is 0 Å². The van der Waals surface area contributed by atoms with Crippen LogP contribution in [0.5, 0.6) is 0 Å². The van der Waals surface area contributed by atoms with E-state index in [9.17, 15) is 14.7 Å². The molecule has 0 aliphatic carbocycles. The zero-order valence-electron chi connectivity index (χ0n) is 12.7. The van der Waals surface area contributed by atoms with Crippen molar-refractivity contribution in [2.45, 2.75) is 39.3 Å². The first-order chi connectivity index (χ1) is 9.70. The number of carbonyl (C=O) groups is 2. The molecule has 21 heavy (non-hydrogen) atoms. The van der Waals surface area contributed by atoms with Gasteiger partial charge in [-0.1, -0.05) is 28.1 Å². The Labute approximate surface area is 133 Å². The van der Waals surface area contributed by atoms with Crippen molar-refractivity contribution in [2.75, 3.05) is 6.54 Å². The molecule has 0 saturated carbocycles. The van der Waals surface area contributed by atoms with Gasteiger partial charge < -0.3 is 15.3 Å². The molecule has 1 unspecified atom stereocenters. The van der Waals surface area contributed by atoms with Gasteiger partial charge in [-0.05, 0) is 45.4 Å². The van der Waals surface area contributed by atoms with Crippen LogP contribution in [0.3, 0.4) is 0 Å². The summed E-state index contributed by atoms with van der Waals surface area (Å²) in [7, 11) is 0. The van der Waals surface area contributed by atoms with Gasteiger partial charge in [0.15, 0.2) is 0 Å². The molecule has 5 nitrogen and oxygen atoms in total. The molecular weight excluding hydrogens is 336 g/mol. The average Bonchev–Trinajstić information content (AvgIpc) is 2.39. The maximum atomic E-state index is 12.3. The van der Waals surface area contributed by atoms with E-state index in [0.717, 1.165) is 10.0 Å². The molecule has 0 aliphatic rings. The van der Waals surface area contributed by atoms with Gasteiger partial charge in [-0.25, -0.2) is 9.59 Å². The Morgan fingerprint density at radius 1 is 1.33 bits per heavy atom. The highest BCUT2D eigenvalue weighted by Gasteiger charge is 2.37.